The average Bonchev–Trinajstić information content (AvgIpc) is 2.70. The lowest BCUT2D eigenvalue weighted by molar-refractivity contribution is -0.171. The summed E-state index contributed by atoms with van der Waals surface area (Å²) in [6, 6.07) is 15.5. The SMILES string of the molecule is Cc1ccc(S(=O)(=O)N[C@@](C)(C(=O)OC(C)(C)C)[C@@H](O)[C@H](C)OCc2ccccc2)cc1. The zero-order chi connectivity index (χ0) is 24.2. The molecule has 0 fully saturated rings. The zero-order valence-corrected chi connectivity index (χ0v) is 20.3. The summed E-state index contributed by atoms with van der Waals surface area (Å²) >= 11 is 0. The van der Waals surface area contributed by atoms with Crippen molar-refractivity contribution in [1.82, 2.24) is 4.72 Å². The van der Waals surface area contributed by atoms with Crippen LogP contribution in [-0.2, 0) is 30.9 Å². The molecule has 0 unspecified atom stereocenters. The van der Waals surface area contributed by atoms with Gasteiger partial charge in [-0.3, -0.25) is 0 Å². The Hall–Kier alpha value is -2.26. The van der Waals surface area contributed by atoms with Crippen LogP contribution in [0.25, 0.3) is 0 Å². The molecule has 0 aliphatic rings. The summed E-state index contributed by atoms with van der Waals surface area (Å²) in [6.07, 6.45) is -2.41. The van der Waals surface area contributed by atoms with Crippen LogP contribution in [0.5, 0.6) is 0 Å². The van der Waals surface area contributed by atoms with E-state index in [4.69, 9.17) is 9.47 Å². The highest BCUT2D eigenvalue weighted by atomic mass is 32.2. The Morgan fingerprint density at radius 3 is 2.12 bits per heavy atom. The van der Waals surface area contributed by atoms with Crippen molar-refractivity contribution >= 4 is 16.0 Å². The fourth-order valence-electron chi connectivity index (χ4n) is 3.02. The predicted molar refractivity (Wildman–Crippen MR) is 122 cm³/mol. The Kier molecular flexibility index (Phi) is 8.22. The number of hydrogen-bond acceptors (Lipinski definition) is 6. The molecule has 32 heavy (non-hydrogen) atoms. The zero-order valence-electron chi connectivity index (χ0n) is 19.5. The lowest BCUT2D eigenvalue weighted by Gasteiger charge is -2.37. The smallest absolute Gasteiger partial charge is 0.330 e. The van der Waals surface area contributed by atoms with Gasteiger partial charge in [0.25, 0.3) is 0 Å². The molecule has 2 aromatic rings. The molecule has 2 N–H and O–H groups in total. The second-order valence-corrected chi connectivity index (χ2v) is 10.8. The minimum absolute atomic E-state index is 0.0251. The number of esters is 1. The molecule has 0 amide bonds. The highest BCUT2D eigenvalue weighted by molar-refractivity contribution is 7.89. The van der Waals surface area contributed by atoms with Crippen LogP contribution in [0.4, 0.5) is 0 Å². The molecule has 0 radical (unpaired) electrons. The highest BCUT2D eigenvalue weighted by Crippen LogP contribution is 2.25. The minimum atomic E-state index is -4.15. The predicted octanol–water partition coefficient (Wildman–Crippen LogP) is 3.34. The topological polar surface area (TPSA) is 102 Å². The van der Waals surface area contributed by atoms with Crippen LogP contribution in [0.1, 0.15) is 45.7 Å². The van der Waals surface area contributed by atoms with Crippen LogP contribution >= 0.6 is 0 Å². The maximum absolute atomic E-state index is 13.1. The van der Waals surface area contributed by atoms with E-state index in [1.807, 2.05) is 37.3 Å². The molecule has 0 aliphatic heterocycles. The number of nitrogens with one attached hydrogen (secondary N) is 1. The molecule has 0 bridgehead atoms. The molecular formula is C24H33NO6S. The summed E-state index contributed by atoms with van der Waals surface area (Å²) < 4.78 is 39.7. The molecule has 8 heteroatoms. The summed E-state index contributed by atoms with van der Waals surface area (Å²) in [5.41, 5.74) is -1.11. The van der Waals surface area contributed by atoms with E-state index in [1.165, 1.54) is 19.1 Å². The Labute approximate surface area is 190 Å². The van der Waals surface area contributed by atoms with E-state index in [0.29, 0.717) is 0 Å². The average molecular weight is 464 g/mol. The van der Waals surface area contributed by atoms with Crippen LogP contribution in [-0.4, -0.2) is 42.8 Å². The van der Waals surface area contributed by atoms with Gasteiger partial charge in [0.2, 0.25) is 10.0 Å². The van der Waals surface area contributed by atoms with Crippen molar-refractivity contribution in [2.45, 2.75) is 76.4 Å². The summed E-state index contributed by atoms with van der Waals surface area (Å²) in [5.74, 6) is -0.900. The number of carbonyl (C=O) groups excluding carboxylic acids is 1. The number of ether oxygens (including phenoxy) is 2. The van der Waals surface area contributed by atoms with E-state index in [0.717, 1.165) is 11.1 Å². The van der Waals surface area contributed by atoms with Crippen LogP contribution in [0.2, 0.25) is 0 Å². The second-order valence-electron chi connectivity index (χ2n) is 9.07. The van der Waals surface area contributed by atoms with E-state index in [1.54, 1.807) is 39.8 Å². The first-order valence-electron chi connectivity index (χ1n) is 10.4. The van der Waals surface area contributed by atoms with Crippen molar-refractivity contribution in [3.8, 4) is 0 Å². The van der Waals surface area contributed by atoms with E-state index in [2.05, 4.69) is 4.72 Å². The first kappa shape index (κ1) is 26.0. The largest absolute Gasteiger partial charge is 0.458 e. The molecule has 0 heterocycles. The van der Waals surface area contributed by atoms with Crippen molar-refractivity contribution in [2.75, 3.05) is 0 Å². The molecule has 0 aromatic heterocycles. The molecule has 0 spiro atoms. The Morgan fingerprint density at radius 1 is 1.03 bits per heavy atom. The standard InChI is InChI=1S/C24H33NO6S/c1-17-12-14-20(15-13-17)32(28,29)25-24(6,22(27)31-23(3,4)5)21(26)18(2)30-16-19-10-8-7-9-11-19/h7-15,18,21,25-26H,16H2,1-6H3/t18-,21-,24+/m0/s1. The normalized spacial score (nSPS) is 16.1. The number of aryl methyl sites for hydroxylation is 1. The highest BCUT2D eigenvalue weighted by Gasteiger charge is 2.49. The Bertz CT molecular complexity index is 999. The first-order chi connectivity index (χ1) is 14.7. The van der Waals surface area contributed by atoms with Crippen molar-refractivity contribution in [2.24, 2.45) is 0 Å². The van der Waals surface area contributed by atoms with Crippen molar-refractivity contribution in [3.05, 3.63) is 65.7 Å². The van der Waals surface area contributed by atoms with Gasteiger partial charge in [-0.1, -0.05) is 48.0 Å². The van der Waals surface area contributed by atoms with E-state index in [-0.39, 0.29) is 11.5 Å². The molecular weight excluding hydrogens is 430 g/mol. The summed E-state index contributed by atoms with van der Waals surface area (Å²) in [5, 5.41) is 11.1. The number of rotatable bonds is 9. The number of sulfonamides is 1. The fraction of sp³-hybridized carbons (Fsp3) is 0.458. The van der Waals surface area contributed by atoms with Gasteiger partial charge in [0.1, 0.15) is 11.7 Å². The lowest BCUT2D eigenvalue weighted by atomic mass is 9.92. The van der Waals surface area contributed by atoms with Gasteiger partial charge in [-0.15, -0.1) is 0 Å². The summed E-state index contributed by atoms with van der Waals surface area (Å²) in [7, 11) is -4.15. The number of aliphatic hydroxyl groups is 1. The van der Waals surface area contributed by atoms with Gasteiger partial charge < -0.3 is 14.6 Å². The van der Waals surface area contributed by atoms with Crippen LogP contribution in [0.15, 0.2) is 59.5 Å². The molecule has 2 rings (SSSR count). The number of hydrogen-bond donors (Lipinski definition) is 2. The van der Waals surface area contributed by atoms with Gasteiger partial charge in [0.15, 0.2) is 5.54 Å². The lowest BCUT2D eigenvalue weighted by Crippen LogP contribution is -2.64. The quantitative estimate of drug-likeness (QED) is 0.553. The van der Waals surface area contributed by atoms with E-state index < -0.39 is 39.3 Å². The van der Waals surface area contributed by atoms with Crippen LogP contribution < -0.4 is 4.72 Å². The third kappa shape index (κ3) is 6.87. The van der Waals surface area contributed by atoms with Gasteiger partial charge in [-0.2, -0.15) is 4.72 Å². The minimum Gasteiger partial charge on any atom is -0.458 e. The molecule has 3 atom stereocenters. The van der Waals surface area contributed by atoms with Crippen molar-refractivity contribution in [3.63, 3.8) is 0 Å². The monoisotopic (exact) mass is 463 g/mol. The molecule has 0 saturated heterocycles. The molecule has 0 aliphatic carbocycles. The fourth-order valence-corrected chi connectivity index (χ4v) is 4.40. The molecule has 7 nitrogen and oxygen atoms in total. The maximum atomic E-state index is 13.1. The van der Waals surface area contributed by atoms with Crippen molar-refractivity contribution in [1.29, 1.82) is 0 Å². The number of aliphatic hydroxyl groups excluding tert-OH is 1. The van der Waals surface area contributed by atoms with Crippen LogP contribution in [0.3, 0.4) is 0 Å². The van der Waals surface area contributed by atoms with Crippen molar-refractivity contribution < 1.29 is 27.8 Å². The summed E-state index contributed by atoms with van der Waals surface area (Å²) in [4.78, 5) is 13.1. The van der Waals surface area contributed by atoms with E-state index in [9.17, 15) is 18.3 Å². The summed E-state index contributed by atoms with van der Waals surface area (Å²) in [6.45, 7) is 9.92. The second kappa shape index (κ2) is 10.1. The van der Waals surface area contributed by atoms with Gasteiger partial charge in [-0.05, 0) is 59.2 Å². The van der Waals surface area contributed by atoms with Gasteiger partial charge in [-0.25, -0.2) is 13.2 Å². The molecule has 176 valence electrons. The third-order valence-electron chi connectivity index (χ3n) is 4.89. The third-order valence-corrected chi connectivity index (χ3v) is 6.48. The van der Waals surface area contributed by atoms with Gasteiger partial charge in [0, 0.05) is 0 Å². The maximum Gasteiger partial charge on any atom is 0.330 e. The molecule has 0 saturated carbocycles. The van der Waals surface area contributed by atoms with E-state index >= 15 is 0 Å². The van der Waals surface area contributed by atoms with Gasteiger partial charge >= 0.3 is 5.97 Å². The van der Waals surface area contributed by atoms with Gasteiger partial charge in [0.05, 0.1) is 17.6 Å². The number of carbonyl (C=O) groups is 1. The first-order valence-corrected chi connectivity index (χ1v) is 11.9. The number of benzene rings is 2. The Balaban J connectivity index is 2.32. The van der Waals surface area contributed by atoms with Crippen LogP contribution in [0, 0.1) is 6.92 Å². The molecule has 2 aromatic carbocycles. The Morgan fingerprint density at radius 2 is 1.59 bits per heavy atom.